The van der Waals surface area contributed by atoms with E-state index in [1.807, 2.05) is 0 Å². The van der Waals surface area contributed by atoms with Crippen molar-refractivity contribution in [2.24, 2.45) is 0 Å². The first-order valence-electron chi connectivity index (χ1n) is 6.16. The van der Waals surface area contributed by atoms with Crippen LogP contribution in [0.15, 0.2) is 0 Å². The predicted octanol–water partition coefficient (Wildman–Crippen LogP) is 2.30. The second-order valence-corrected chi connectivity index (χ2v) is 4.68. The van der Waals surface area contributed by atoms with Crippen LogP contribution in [-0.2, 0) is 0 Å². The number of piperazine rings is 1. The Hall–Kier alpha value is -0.0800. The first-order chi connectivity index (χ1) is 6.66. The van der Waals surface area contributed by atoms with Crippen LogP contribution in [0.2, 0.25) is 0 Å². The molecule has 0 aromatic rings. The van der Waals surface area contributed by atoms with Gasteiger partial charge in [0.25, 0.3) is 0 Å². The summed E-state index contributed by atoms with van der Waals surface area (Å²) in [5.41, 5.74) is 0.710. The highest BCUT2D eigenvalue weighted by Crippen LogP contribution is 2.24. The van der Waals surface area contributed by atoms with Gasteiger partial charge in [0.2, 0.25) is 0 Å². The van der Waals surface area contributed by atoms with Crippen molar-refractivity contribution in [1.82, 2.24) is 10.6 Å². The van der Waals surface area contributed by atoms with Crippen molar-refractivity contribution >= 4 is 0 Å². The summed E-state index contributed by atoms with van der Waals surface area (Å²) in [5, 5.41) is 7.52. The van der Waals surface area contributed by atoms with Crippen molar-refractivity contribution in [2.45, 2.75) is 64.5 Å². The second-order valence-electron chi connectivity index (χ2n) is 4.68. The lowest BCUT2D eigenvalue weighted by atomic mass is 9.83. The van der Waals surface area contributed by atoms with Gasteiger partial charge in [-0.1, -0.05) is 27.7 Å². The summed E-state index contributed by atoms with van der Waals surface area (Å²) in [7, 11) is 0. The molecule has 14 heavy (non-hydrogen) atoms. The first kappa shape index (κ1) is 12.0. The zero-order valence-electron chi connectivity index (χ0n) is 10.2. The maximum atomic E-state index is 3.76. The minimum absolute atomic E-state index is 0.355. The van der Waals surface area contributed by atoms with Crippen LogP contribution in [0.4, 0.5) is 0 Å². The molecule has 1 saturated heterocycles. The molecule has 0 aromatic heterocycles. The van der Waals surface area contributed by atoms with E-state index in [0.717, 1.165) is 13.1 Å². The molecule has 0 aliphatic carbocycles. The molecule has 0 amide bonds. The number of hydrogen-bond donors (Lipinski definition) is 2. The van der Waals surface area contributed by atoms with Gasteiger partial charge in [-0.3, -0.25) is 0 Å². The van der Waals surface area contributed by atoms with Gasteiger partial charge in [-0.05, 0) is 25.7 Å². The van der Waals surface area contributed by atoms with Gasteiger partial charge >= 0.3 is 0 Å². The summed E-state index contributed by atoms with van der Waals surface area (Å²) in [6.45, 7) is 11.4. The fraction of sp³-hybridized carbons (Fsp3) is 1.00. The Labute approximate surface area is 88.8 Å². The summed E-state index contributed by atoms with van der Waals surface area (Å²) in [6.07, 6.45) is 4.89. The fourth-order valence-electron chi connectivity index (χ4n) is 2.34. The Balaban J connectivity index is 2.59. The van der Waals surface area contributed by atoms with Gasteiger partial charge in [0.15, 0.2) is 0 Å². The maximum absolute atomic E-state index is 3.76. The summed E-state index contributed by atoms with van der Waals surface area (Å²) in [4.78, 5) is 0. The molecule has 2 heteroatoms. The van der Waals surface area contributed by atoms with Gasteiger partial charge in [0.05, 0.1) is 0 Å². The third kappa shape index (κ3) is 2.12. The van der Waals surface area contributed by atoms with Crippen molar-refractivity contribution < 1.29 is 0 Å². The smallest absolute Gasteiger partial charge is 0.0302 e. The molecule has 0 saturated carbocycles. The van der Waals surface area contributed by atoms with E-state index < -0.39 is 0 Å². The van der Waals surface area contributed by atoms with Crippen LogP contribution in [0.5, 0.6) is 0 Å². The standard InChI is InChI=1S/C12H26N2/c1-5-11(6-2)9-14-12(7-3,8-4)10-13-11/h13-14H,5-10H2,1-4H3. The Morgan fingerprint density at radius 1 is 0.714 bits per heavy atom. The lowest BCUT2D eigenvalue weighted by Gasteiger charge is -2.47. The molecule has 2 nitrogen and oxygen atoms in total. The molecule has 0 bridgehead atoms. The molecule has 1 fully saturated rings. The number of nitrogens with one attached hydrogen (secondary N) is 2. The Morgan fingerprint density at radius 3 is 1.14 bits per heavy atom. The molecular formula is C12H26N2. The third-order valence-electron chi connectivity index (χ3n) is 4.31. The molecule has 1 rings (SSSR count). The minimum atomic E-state index is 0.355. The average molecular weight is 198 g/mol. The highest BCUT2D eigenvalue weighted by atomic mass is 15.2. The van der Waals surface area contributed by atoms with E-state index >= 15 is 0 Å². The molecule has 84 valence electrons. The van der Waals surface area contributed by atoms with Crippen LogP contribution in [0.1, 0.15) is 53.4 Å². The van der Waals surface area contributed by atoms with E-state index in [2.05, 4.69) is 38.3 Å². The van der Waals surface area contributed by atoms with Gasteiger partial charge in [-0.2, -0.15) is 0 Å². The van der Waals surface area contributed by atoms with Crippen molar-refractivity contribution in [3.05, 3.63) is 0 Å². The molecule has 0 spiro atoms. The lowest BCUT2D eigenvalue weighted by molar-refractivity contribution is 0.148. The van der Waals surface area contributed by atoms with Crippen LogP contribution in [0.3, 0.4) is 0 Å². The van der Waals surface area contributed by atoms with Gasteiger partial charge in [0.1, 0.15) is 0 Å². The van der Waals surface area contributed by atoms with Gasteiger partial charge < -0.3 is 10.6 Å². The molecule has 0 atom stereocenters. The van der Waals surface area contributed by atoms with Crippen LogP contribution in [0, 0.1) is 0 Å². The molecule has 1 aliphatic heterocycles. The number of hydrogen-bond acceptors (Lipinski definition) is 2. The molecule has 0 unspecified atom stereocenters. The summed E-state index contributed by atoms with van der Waals surface area (Å²) >= 11 is 0. The Bertz CT molecular complexity index is 137. The molecule has 2 N–H and O–H groups in total. The second kappa shape index (κ2) is 4.63. The molecule has 1 aliphatic rings. The zero-order valence-corrected chi connectivity index (χ0v) is 10.2. The van der Waals surface area contributed by atoms with Crippen molar-refractivity contribution in [3.8, 4) is 0 Å². The Morgan fingerprint density at radius 2 is 1.00 bits per heavy atom. The highest BCUT2D eigenvalue weighted by Gasteiger charge is 2.37. The quantitative estimate of drug-likeness (QED) is 0.724. The van der Waals surface area contributed by atoms with Crippen molar-refractivity contribution in [2.75, 3.05) is 13.1 Å². The molecular weight excluding hydrogens is 172 g/mol. The summed E-state index contributed by atoms with van der Waals surface area (Å²) < 4.78 is 0. The van der Waals surface area contributed by atoms with Crippen molar-refractivity contribution in [3.63, 3.8) is 0 Å². The van der Waals surface area contributed by atoms with E-state index in [1.165, 1.54) is 25.7 Å². The summed E-state index contributed by atoms with van der Waals surface area (Å²) in [6, 6.07) is 0. The summed E-state index contributed by atoms with van der Waals surface area (Å²) in [5.74, 6) is 0. The first-order valence-corrected chi connectivity index (χ1v) is 6.16. The van der Waals surface area contributed by atoms with E-state index in [-0.39, 0.29) is 0 Å². The van der Waals surface area contributed by atoms with E-state index in [9.17, 15) is 0 Å². The molecule has 1 heterocycles. The monoisotopic (exact) mass is 198 g/mol. The molecule has 0 aromatic carbocycles. The van der Waals surface area contributed by atoms with Gasteiger partial charge in [-0.25, -0.2) is 0 Å². The van der Waals surface area contributed by atoms with Crippen LogP contribution in [-0.4, -0.2) is 24.2 Å². The van der Waals surface area contributed by atoms with Crippen molar-refractivity contribution in [1.29, 1.82) is 0 Å². The van der Waals surface area contributed by atoms with Gasteiger partial charge in [0, 0.05) is 24.2 Å². The SMILES string of the molecule is CCC1(CC)CNC(CC)(CC)CN1. The third-order valence-corrected chi connectivity index (χ3v) is 4.31. The van der Waals surface area contributed by atoms with Crippen LogP contribution >= 0.6 is 0 Å². The van der Waals surface area contributed by atoms with Crippen LogP contribution < -0.4 is 10.6 Å². The minimum Gasteiger partial charge on any atom is -0.308 e. The predicted molar refractivity (Wildman–Crippen MR) is 62.6 cm³/mol. The Kier molecular flexibility index (Phi) is 3.96. The fourth-order valence-corrected chi connectivity index (χ4v) is 2.34. The highest BCUT2D eigenvalue weighted by molar-refractivity contribution is 5.01. The van der Waals surface area contributed by atoms with Gasteiger partial charge in [-0.15, -0.1) is 0 Å². The maximum Gasteiger partial charge on any atom is 0.0302 e. The molecule has 0 radical (unpaired) electrons. The van der Waals surface area contributed by atoms with E-state index in [0.29, 0.717) is 11.1 Å². The number of rotatable bonds is 4. The largest absolute Gasteiger partial charge is 0.308 e. The van der Waals surface area contributed by atoms with E-state index in [4.69, 9.17) is 0 Å². The lowest BCUT2D eigenvalue weighted by Crippen LogP contribution is -2.68. The average Bonchev–Trinajstić information content (AvgIpc) is 2.29. The topological polar surface area (TPSA) is 24.1 Å². The van der Waals surface area contributed by atoms with E-state index in [1.54, 1.807) is 0 Å². The normalized spacial score (nSPS) is 24.9. The zero-order chi connectivity index (χ0) is 10.7. The van der Waals surface area contributed by atoms with Crippen LogP contribution in [0.25, 0.3) is 0 Å².